The Morgan fingerprint density at radius 1 is 1.28 bits per heavy atom. The molecule has 3 nitrogen and oxygen atoms in total. The summed E-state index contributed by atoms with van der Waals surface area (Å²) in [5.41, 5.74) is 1.52. The summed E-state index contributed by atoms with van der Waals surface area (Å²) in [6.07, 6.45) is 1.61. The lowest BCUT2D eigenvalue weighted by Crippen LogP contribution is -2.31. The van der Waals surface area contributed by atoms with Gasteiger partial charge in [0.25, 0.3) is 0 Å². The van der Waals surface area contributed by atoms with E-state index in [0.29, 0.717) is 22.9 Å². The van der Waals surface area contributed by atoms with Gasteiger partial charge in [-0.25, -0.2) is 0 Å². The highest BCUT2D eigenvalue weighted by Gasteiger charge is 2.40. The van der Waals surface area contributed by atoms with E-state index in [4.69, 9.17) is 28.0 Å². The van der Waals surface area contributed by atoms with Crippen LogP contribution in [0, 0.1) is 5.92 Å². The van der Waals surface area contributed by atoms with Gasteiger partial charge in [-0.15, -0.1) is 0 Å². The monoisotopic (exact) mass is 283 g/mol. The van der Waals surface area contributed by atoms with Crippen molar-refractivity contribution >= 4 is 34.7 Å². The summed E-state index contributed by atoms with van der Waals surface area (Å²) in [5.74, 6) is 0.359. The summed E-state index contributed by atoms with van der Waals surface area (Å²) in [4.78, 5) is 16.8. The van der Waals surface area contributed by atoms with Crippen LogP contribution < -0.4 is 0 Å². The van der Waals surface area contributed by atoms with E-state index in [0.717, 1.165) is 17.7 Å². The third kappa shape index (κ3) is 1.91. The fourth-order valence-corrected chi connectivity index (χ4v) is 3.15. The van der Waals surface area contributed by atoms with E-state index in [2.05, 4.69) is 5.16 Å². The van der Waals surface area contributed by atoms with E-state index < -0.39 is 0 Å². The van der Waals surface area contributed by atoms with Gasteiger partial charge in [0.15, 0.2) is 0 Å². The third-order valence-electron chi connectivity index (χ3n) is 3.47. The number of rotatable bonds is 1. The number of carbonyl (C=O) groups excluding carboxylic acids is 1. The lowest BCUT2D eigenvalue weighted by atomic mass is 9.81. The van der Waals surface area contributed by atoms with Crippen molar-refractivity contribution < 1.29 is 9.63 Å². The van der Waals surface area contributed by atoms with Crippen LogP contribution >= 0.6 is 23.2 Å². The van der Waals surface area contributed by atoms with Crippen LogP contribution in [0.3, 0.4) is 0 Å². The first-order valence-corrected chi connectivity index (χ1v) is 6.62. The molecule has 1 fully saturated rings. The molecule has 0 bridgehead atoms. The quantitative estimate of drug-likeness (QED) is 0.792. The van der Waals surface area contributed by atoms with Gasteiger partial charge in [-0.3, -0.25) is 4.79 Å². The van der Waals surface area contributed by atoms with Crippen molar-refractivity contribution in [1.82, 2.24) is 0 Å². The normalized spacial score (nSPS) is 26.6. The summed E-state index contributed by atoms with van der Waals surface area (Å²) >= 11 is 12.4. The van der Waals surface area contributed by atoms with E-state index in [1.54, 1.807) is 18.2 Å². The van der Waals surface area contributed by atoms with E-state index in [9.17, 15) is 4.79 Å². The summed E-state index contributed by atoms with van der Waals surface area (Å²) in [6, 6.07) is 5.37. The molecule has 0 radical (unpaired) electrons. The molecule has 0 aromatic heterocycles. The van der Waals surface area contributed by atoms with Crippen molar-refractivity contribution in [1.29, 1.82) is 0 Å². The molecule has 5 heteroatoms. The van der Waals surface area contributed by atoms with Crippen LogP contribution in [-0.4, -0.2) is 17.6 Å². The van der Waals surface area contributed by atoms with Crippen LogP contribution in [0.25, 0.3) is 0 Å². The Morgan fingerprint density at radius 2 is 2.00 bits per heavy atom. The smallest absolute Gasteiger partial charge is 0.142 e. The van der Waals surface area contributed by atoms with Crippen LogP contribution in [0.4, 0.5) is 0 Å². The zero-order chi connectivity index (χ0) is 12.7. The van der Waals surface area contributed by atoms with Crippen molar-refractivity contribution in [3.63, 3.8) is 0 Å². The Morgan fingerprint density at radius 3 is 2.72 bits per heavy atom. The van der Waals surface area contributed by atoms with Gasteiger partial charge in [0.05, 0.1) is 15.8 Å². The first-order chi connectivity index (χ1) is 8.66. The molecule has 2 atom stereocenters. The Balaban J connectivity index is 1.97. The lowest BCUT2D eigenvalue weighted by molar-refractivity contribution is -0.124. The maximum Gasteiger partial charge on any atom is 0.142 e. The van der Waals surface area contributed by atoms with Crippen LogP contribution in [0.2, 0.25) is 10.0 Å². The second kappa shape index (κ2) is 4.56. The molecule has 1 heterocycles. The van der Waals surface area contributed by atoms with E-state index in [1.165, 1.54) is 0 Å². The number of Topliss-reactive ketones (excluding diaryl/α,β-unsaturated/α-hetero) is 1. The average molecular weight is 284 g/mol. The molecule has 1 saturated carbocycles. The van der Waals surface area contributed by atoms with Gasteiger partial charge in [-0.05, 0) is 18.6 Å². The number of fused-ring (bicyclic) bond motifs is 1. The molecule has 2 aliphatic rings. The third-order valence-corrected chi connectivity index (χ3v) is 4.10. The molecule has 94 valence electrons. The number of nitrogens with zero attached hydrogens (tertiary/aromatic N) is 1. The maximum absolute atomic E-state index is 11.4. The van der Waals surface area contributed by atoms with Crippen LogP contribution in [-0.2, 0) is 9.63 Å². The minimum Gasteiger partial charge on any atom is -0.391 e. The fraction of sp³-hybridized carbons (Fsp3) is 0.385. The zero-order valence-electron chi connectivity index (χ0n) is 9.53. The van der Waals surface area contributed by atoms with Gasteiger partial charge >= 0.3 is 0 Å². The van der Waals surface area contributed by atoms with E-state index >= 15 is 0 Å². The number of hydrogen-bond donors (Lipinski definition) is 0. The van der Waals surface area contributed by atoms with Gasteiger partial charge < -0.3 is 4.84 Å². The summed E-state index contributed by atoms with van der Waals surface area (Å²) < 4.78 is 0. The average Bonchev–Trinajstić information content (AvgIpc) is 2.72. The summed E-state index contributed by atoms with van der Waals surface area (Å²) in [5, 5.41) is 5.25. The Kier molecular flexibility index (Phi) is 3.04. The van der Waals surface area contributed by atoms with Crippen LogP contribution in [0.1, 0.15) is 24.8 Å². The van der Waals surface area contributed by atoms with Gasteiger partial charge in [0, 0.05) is 24.3 Å². The molecule has 1 aromatic rings. The molecule has 0 unspecified atom stereocenters. The standard InChI is InChI=1S/C13H11Cl2NO2/c14-9-2-1-3-10(15)12(9)13-8-5-4-7(17)6-11(8)18-16-13/h1-3,8,11H,4-6H2/t8-,11+/m0/s1. The summed E-state index contributed by atoms with van der Waals surface area (Å²) in [6.45, 7) is 0. The van der Waals surface area contributed by atoms with Crippen molar-refractivity contribution in [2.24, 2.45) is 11.1 Å². The number of oxime groups is 1. The highest BCUT2D eigenvalue weighted by atomic mass is 35.5. The van der Waals surface area contributed by atoms with Crippen molar-refractivity contribution in [2.75, 3.05) is 0 Å². The predicted molar refractivity (Wildman–Crippen MR) is 70.2 cm³/mol. The molecule has 18 heavy (non-hydrogen) atoms. The highest BCUT2D eigenvalue weighted by Crippen LogP contribution is 2.37. The lowest BCUT2D eigenvalue weighted by Gasteiger charge is -2.23. The van der Waals surface area contributed by atoms with Gasteiger partial charge in [0.2, 0.25) is 0 Å². The minimum atomic E-state index is -0.145. The van der Waals surface area contributed by atoms with Crippen molar-refractivity contribution in [2.45, 2.75) is 25.4 Å². The van der Waals surface area contributed by atoms with Gasteiger partial charge in [-0.2, -0.15) is 0 Å². The second-order valence-electron chi connectivity index (χ2n) is 4.61. The first-order valence-electron chi connectivity index (χ1n) is 5.86. The maximum atomic E-state index is 11.4. The Hall–Kier alpha value is -1.06. The number of benzene rings is 1. The number of ketones is 1. The van der Waals surface area contributed by atoms with Gasteiger partial charge in [0.1, 0.15) is 11.9 Å². The largest absolute Gasteiger partial charge is 0.391 e. The first kappa shape index (κ1) is 12.0. The van der Waals surface area contributed by atoms with E-state index in [1.807, 2.05) is 0 Å². The van der Waals surface area contributed by atoms with Gasteiger partial charge in [-0.1, -0.05) is 34.4 Å². The van der Waals surface area contributed by atoms with E-state index in [-0.39, 0.29) is 17.8 Å². The number of halogens is 2. The molecule has 1 aliphatic carbocycles. The second-order valence-corrected chi connectivity index (χ2v) is 5.42. The molecule has 0 amide bonds. The van der Waals surface area contributed by atoms with Crippen molar-refractivity contribution in [3.05, 3.63) is 33.8 Å². The molecule has 0 spiro atoms. The molecular formula is C13H11Cl2NO2. The number of carbonyl (C=O) groups is 1. The molecule has 0 saturated heterocycles. The SMILES string of the molecule is O=C1CC[C@@H]2C(c3c(Cl)cccc3Cl)=NO[C@@H]2C1. The van der Waals surface area contributed by atoms with Crippen LogP contribution in [0.15, 0.2) is 23.4 Å². The van der Waals surface area contributed by atoms with Crippen molar-refractivity contribution in [3.8, 4) is 0 Å². The minimum absolute atomic E-state index is 0.125. The molecular weight excluding hydrogens is 273 g/mol. The predicted octanol–water partition coefficient (Wildman–Crippen LogP) is 3.47. The molecule has 3 rings (SSSR count). The molecule has 1 aliphatic heterocycles. The number of hydrogen-bond acceptors (Lipinski definition) is 3. The Labute approximate surface area is 115 Å². The molecule has 0 N–H and O–H groups in total. The Bertz CT molecular complexity index is 522. The highest BCUT2D eigenvalue weighted by molar-refractivity contribution is 6.40. The summed E-state index contributed by atoms with van der Waals surface area (Å²) in [7, 11) is 0. The topological polar surface area (TPSA) is 38.7 Å². The van der Waals surface area contributed by atoms with Crippen LogP contribution in [0.5, 0.6) is 0 Å². The molecule has 1 aromatic carbocycles. The fourth-order valence-electron chi connectivity index (χ4n) is 2.56. The zero-order valence-corrected chi connectivity index (χ0v) is 11.0.